The van der Waals surface area contributed by atoms with Crippen LogP contribution in [0.2, 0.25) is 5.02 Å². The number of pyridine rings is 1. The normalized spacial score (nSPS) is 10.9. The Morgan fingerprint density at radius 1 is 1.50 bits per heavy atom. The molecule has 0 aliphatic carbocycles. The zero-order chi connectivity index (χ0) is 10.8. The molecule has 0 radical (unpaired) electrons. The van der Waals surface area contributed by atoms with Gasteiger partial charge in [-0.1, -0.05) is 11.6 Å². The molecule has 0 aliphatic rings. The molecule has 74 valence electrons. The van der Waals surface area contributed by atoms with Crippen molar-refractivity contribution in [1.82, 2.24) is 4.98 Å². The first-order valence-electron chi connectivity index (χ1n) is 3.26. The Kier molecular flexibility index (Phi) is 2.88. The Morgan fingerprint density at radius 2 is 2.14 bits per heavy atom. The van der Waals surface area contributed by atoms with Crippen LogP contribution in [-0.4, -0.2) is 11.1 Å². The molecule has 0 N–H and O–H groups in total. The summed E-state index contributed by atoms with van der Waals surface area (Å²) in [5.41, 5.74) is -1.23. The molecule has 14 heavy (non-hydrogen) atoms. The number of rotatable bonds is 1. The molecule has 0 saturated carbocycles. The van der Waals surface area contributed by atoms with Crippen LogP contribution >= 0.6 is 11.6 Å². The highest BCUT2D eigenvalue weighted by molar-refractivity contribution is 6.31. The lowest BCUT2D eigenvalue weighted by Crippen LogP contribution is -2.07. The zero-order valence-electron chi connectivity index (χ0n) is 6.47. The Bertz CT molecular complexity index is 398. The first-order valence-corrected chi connectivity index (χ1v) is 3.64. The van der Waals surface area contributed by atoms with Gasteiger partial charge in [-0.3, -0.25) is 0 Å². The fourth-order valence-corrected chi connectivity index (χ4v) is 1.07. The summed E-state index contributed by atoms with van der Waals surface area (Å²) in [6.07, 6.45) is -2.69. The molecule has 0 atom stereocenters. The SMILES string of the molecule is O=C=Nc1nccc(Cl)c1C(F)(F)F. The van der Waals surface area contributed by atoms with Crippen LogP contribution in [0.25, 0.3) is 0 Å². The van der Waals surface area contributed by atoms with Crippen LogP contribution in [0.4, 0.5) is 19.0 Å². The topological polar surface area (TPSA) is 42.3 Å². The Labute approximate surface area is 81.2 Å². The lowest BCUT2D eigenvalue weighted by Gasteiger charge is -2.09. The molecule has 1 heterocycles. The summed E-state index contributed by atoms with van der Waals surface area (Å²) in [5, 5.41) is -0.554. The molecule has 0 unspecified atom stereocenters. The molecule has 3 nitrogen and oxygen atoms in total. The predicted octanol–water partition coefficient (Wildman–Crippen LogP) is 2.72. The second-order valence-electron chi connectivity index (χ2n) is 2.19. The summed E-state index contributed by atoms with van der Waals surface area (Å²) < 4.78 is 37.0. The molecule has 0 saturated heterocycles. The number of alkyl halides is 3. The number of nitrogens with zero attached hydrogens (tertiary/aromatic N) is 2. The number of halogens is 4. The van der Waals surface area contributed by atoms with Crippen molar-refractivity contribution in [2.75, 3.05) is 0 Å². The second-order valence-corrected chi connectivity index (χ2v) is 2.60. The summed E-state index contributed by atoms with van der Waals surface area (Å²) in [7, 11) is 0. The van der Waals surface area contributed by atoms with Crippen molar-refractivity contribution < 1.29 is 18.0 Å². The molecular formula is C7H2ClF3N2O. The number of carbonyl (C=O) groups excluding carboxylic acids is 1. The van der Waals surface area contributed by atoms with E-state index in [1.54, 1.807) is 0 Å². The van der Waals surface area contributed by atoms with Crippen LogP contribution in [0.3, 0.4) is 0 Å². The molecule has 0 amide bonds. The number of aromatic nitrogens is 1. The van der Waals surface area contributed by atoms with Crippen molar-refractivity contribution in [2.24, 2.45) is 4.99 Å². The van der Waals surface area contributed by atoms with Crippen molar-refractivity contribution in [3.63, 3.8) is 0 Å². The van der Waals surface area contributed by atoms with E-state index in [0.717, 1.165) is 18.3 Å². The van der Waals surface area contributed by atoms with Crippen LogP contribution in [0.5, 0.6) is 0 Å². The van der Waals surface area contributed by atoms with E-state index in [9.17, 15) is 18.0 Å². The highest BCUT2D eigenvalue weighted by Gasteiger charge is 2.37. The van der Waals surface area contributed by atoms with E-state index in [2.05, 4.69) is 9.98 Å². The number of isocyanates is 1. The third-order valence-electron chi connectivity index (χ3n) is 1.32. The Balaban J connectivity index is 3.44. The maximum atomic E-state index is 12.3. The van der Waals surface area contributed by atoms with E-state index in [4.69, 9.17) is 11.6 Å². The van der Waals surface area contributed by atoms with Crippen LogP contribution < -0.4 is 0 Å². The van der Waals surface area contributed by atoms with Gasteiger partial charge in [-0.05, 0) is 6.07 Å². The fourth-order valence-electron chi connectivity index (χ4n) is 0.818. The average Bonchev–Trinajstić information content (AvgIpc) is 2.02. The summed E-state index contributed by atoms with van der Waals surface area (Å²) in [6.45, 7) is 0. The minimum absolute atomic E-state index is 0.554. The van der Waals surface area contributed by atoms with Gasteiger partial charge in [-0.15, -0.1) is 4.99 Å². The number of hydrogen-bond donors (Lipinski definition) is 0. The lowest BCUT2D eigenvalue weighted by molar-refractivity contribution is -0.137. The van der Waals surface area contributed by atoms with Gasteiger partial charge in [0.25, 0.3) is 0 Å². The van der Waals surface area contributed by atoms with Gasteiger partial charge in [-0.2, -0.15) is 13.2 Å². The molecule has 0 aliphatic heterocycles. The van der Waals surface area contributed by atoms with E-state index in [0.29, 0.717) is 0 Å². The van der Waals surface area contributed by atoms with Gasteiger partial charge < -0.3 is 0 Å². The zero-order valence-corrected chi connectivity index (χ0v) is 7.23. The summed E-state index contributed by atoms with van der Waals surface area (Å²) >= 11 is 5.30. The highest BCUT2D eigenvalue weighted by Crippen LogP contribution is 2.39. The minimum atomic E-state index is -4.69. The molecule has 0 fully saturated rings. The third-order valence-corrected chi connectivity index (χ3v) is 1.63. The monoisotopic (exact) mass is 222 g/mol. The maximum absolute atomic E-state index is 12.3. The molecule has 0 spiro atoms. The average molecular weight is 223 g/mol. The number of aliphatic imine (C=N–C) groups is 1. The van der Waals surface area contributed by atoms with Crippen molar-refractivity contribution in [1.29, 1.82) is 0 Å². The van der Waals surface area contributed by atoms with E-state index >= 15 is 0 Å². The maximum Gasteiger partial charge on any atom is 0.421 e. The molecule has 0 bridgehead atoms. The quantitative estimate of drug-likeness (QED) is 0.542. The van der Waals surface area contributed by atoms with Gasteiger partial charge in [0.2, 0.25) is 6.08 Å². The first-order chi connectivity index (χ1) is 6.46. The van der Waals surface area contributed by atoms with Gasteiger partial charge in [0.1, 0.15) is 5.56 Å². The van der Waals surface area contributed by atoms with E-state index in [1.807, 2.05) is 0 Å². The summed E-state index contributed by atoms with van der Waals surface area (Å²) in [6, 6.07) is 0.966. The molecule has 0 aromatic carbocycles. The van der Waals surface area contributed by atoms with E-state index in [1.165, 1.54) is 0 Å². The predicted molar refractivity (Wildman–Crippen MR) is 42.0 cm³/mol. The molecule has 1 aromatic heterocycles. The summed E-state index contributed by atoms with van der Waals surface area (Å²) in [5.74, 6) is -0.778. The van der Waals surface area contributed by atoms with Crippen LogP contribution in [0.15, 0.2) is 17.3 Å². The molecule has 1 rings (SSSR count). The van der Waals surface area contributed by atoms with Crippen molar-refractivity contribution >= 4 is 23.5 Å². The molecular weight excluding hydrogens is 221 g/mol. The minimum Gasteiger partial charge on any atom is -0.236 e. The van der Waals surface area contributed by atoms with Gasteiger partial charge in [-0.25, -0.2) is 9.78 Å². The highest BCUT2D eigenvalue weighted by atomic mass is 35.5. The summed E-state index contributed by atoms with van der Waals surface area (Å²) in [4.78, 5) is 15.9. The van der Waals surface area contributed by atoms with Gasteiger partial charge >= 0.3 is 6.18 Å². The van der Waals surface area contributed by atoms with Gasteiger partial charge in [0, 0.05) is 6.20 Å². The lowest BCUT2D eigenvalue weighted by atomic mass is 10.2. The van der Waals surface area contributed by atoms with Crippen molar-refractivity contribution in [2.45, 2.75) is 6.18 Å². The largest absolute Gasteiger partial charge is 0.421 e. The third kappa shape index (κ3) is 2.10. The van der Waals surface area contributed by atoms with E-state index in [-0.39, 0.29) is 0 Å². The van der Waals surface area contributed by atoms with Crippen molar-refractivity contribution in [3.8, 4) is 0 Å². The Morgan fingerprint density at radius 3 is 2.64 bits per heavy atom. The standard InChI is InChI=1S/C7H2ClF3N2O/c8-4-1-2-12-6(13-3-14)5(4)7(9,10)11/h1-2H. The van der Waals surface area contributed by atoms with Crippen LogP contribution in [0, 0.1) is 0 Å². The molecule has 1 aromatic rings. The first kappa shape index (κ1) is 10.7. The second kappa shape index (κ2) is 3.77. The Hall–Kier alpha value is -1.39. The fraction of sp³-hybridized carbons (Fsp3) is 0.143. The van der Waals surface area contributed by atoms with Crippen molar-refractivity contribution in [3.05, 3.63) is 22.8 Å². The van der Waals surface area contributed by atoms with Gasteiger partial charge in [0.15, 0.2) is 5.82 Å². The van der Waals surface area contributed by atoms with Crippen LogP contribution in [0.1, 0.15) is 5.56 Å². The smallest absolute Gasteiger partial charge is 0.236 e. The van der Waals surface area contributed by atoms with E-state index < -0.39 is 22.6 Å². The molecule has 7 heteroatoms. The van der Waals surface area contributed by atoms with Crippen LogP contribution in [-0.2, 0) is 11.0 Å². The number of hydrogen-bond acceptors (Lipinski definition) is 3. The van der Waals surface area contributed by atoms with Gasteiger partial charge in [0.05, 0.1) is 5.02 Å².